The molecule has 0 aliphatic carbocycles. The van der Waals surface area contributed by atoms with Crippen molar-refractivity contribution in [1.29, 1.82) is 0 Å². The van der Waals surface area contributed by atoms with Gasteiger partial charge in [-0.3, -0.25) is 0 Å². The highest BCUT2D eigenvalue weighted by Crippen LogP contribution is 2.36. The molecule has 0 heterocycles. The number of ether oxygens (including phenoxy) is 3. The standard InChI is InChI=1S/C33H30O6/c1-19(2)27-17-25(13-15-28(27)37-31(34)20(3)4)23-9-11-24(12-10-23)26-14-16-29(38-32(35)21(5)6)30(18-26)39-33(36)22(7)8/h9-18H,1,3,5,7H2,2,4,6,8H3. The van der Waals surface area contributed by atoms with Crippen LogP contribution in [0.1, 0.15) is 33.3 Å². The maximum atomic E-state index is 12.2. The molecule has 0 aliphatic heterocycles. The summed E-state index contributed by atoms with van der Waals surface area (Å²) in [7, 11) is 0. The van der Waals surface area contributed by atoms with Crippen LogP contribution < -0.4 is 14.2 Å². The molecule has 0 spiro atoms. The monoisotopic (exact) mass is 522 g/mol. The largest absolute Gasteiger partial charge is 0.423 e. The topological polar surface area (TPSA) is 78.9 Å². The van der Waals surface area contributed by atoms with E-state index >= 15 is 0 Å². The van der Waals surface area contributed by atoms with E-state index in [9.17, 15) is 14.4 Å². The molecule has 0 atom stereocenters. The Morgan fingerprint density at radius 3 is 1.28 bits per heavy atom. The number of carbonyl (C=O) groups is 3. The fourth-order valence-electron chi connectivity index (χ4n) is 3.40. The number of allylic oxidation sites excluding steroid dienone is 1. The van der Waals surface area contributed by atoms with Crippen LogP contribution in [0.5, 0.6) is 17.2 Å². The van der Waals surface area contributed by atoms with Crippen LogP contribution in [-0.2, 0) is 14.4 Å². The summed E-state index contributed by atoms with van der Waals surface area (Å²) in [5.41, 5.74) is 5.62. The lowest BCUT2D eigenvalue weighted by molar-refractivity contribution is -0.132. The third-order valence-electron chi connectivity index (χ3n) is 5.59. The minimum absolute atomic E-state index is 0.0881. The van der Waals surface area contributed by atoms with Crippen LogP contribution in [-0.4, -0.2) is 17.9 Å². The van der Waals surface area contributed by atoms with Crippen LogP contribution in [0.3, 0.4) is 0 Å². The van der Waals surface area contributed by atoms with Gasteiger partial charge in [-0.25, -0.2) is 14.4 Å². The van der Waals surface area contributed by atoms with Gasteiger partial charge in [0.25, 0.3) is 0 Å². The number of rotatable bonds is 9. The third-order valence-corrected chi connectivity index (χ3v) is 5.59. The Kier molecular flexibility index (Phi) is 8.84. The summed E-state index contributed by atoms with van der Waals surface area (Å²) in [6, 6.07) is 18.2. The lowest BCUT2D eigenvalue weighted by atomic mass is 9.97. The molecule has 0 unspecified atom stereocenters. The van der Waals surface area contributed by atoms with Crippen LogP contribution in [0.25, 0.3) is 27.8 Å². The Morgan fingerprint density at radius 1 is 0.487 bits per heavy atom. The van der Waals surface area contributed by atoms with E-state index in [0.29, 0.717) is 11.3 Å². The molecule has 0 saturated heterocycles. The van der Waals surface area contributed by atoms with Gasteiger partial charge in [-0.1, -0.05) is 62.7 Å². The number of esters is 3. The van der Waals surface area contributed by atoms with E-state index in [0.717, 1.165) is 33.4 Å². The Morgan fingerprint density at radius 2 is 0.846 bits per heavy atom. The first-order chi connectivity index (χ1) is 18.4. The van der Waals surface area contributed by atoms with Crippen molar-refractivity contribution in [2.45, 2.75) is 27.7 Å². The maximum Gasteiger partial charge on any atom is 0.338 e. The predicted molar refractivity (Wildman–Crippen MR) is 153 cm³/mol. The van der Waals surface area contributed by atoms with E-state index in [-0.39, 0.29) is 22.6 Å². The molecule has 0 N–H and O–H groups in total. The van der Waals surface area contributed by atoms with E-state index in [2.05, 4.69) is 26.3 Å². The van der Waals surface area contributed by atoms with Gasteiger partial charge in [-0.05, 0) is 79.8 Å². The van der Waals surface area contributed by atoms with Gasteiger partial charge in [0.05, 0.1) is 0 Å². The van der Waals surface area contributed by atoms with Crippen molar-refractivity contribution < 1.29 is 28.6 Å². The smallest absolute Gasteiger partial charge is 0.338 e. The average molecular weight is 523 g/mol. The number of hydrogen-bond donors (Lipinski definition) is 0. The fraction of sp³-hybridized carbons (Fsp3) is 0.121. The molecule has 3 aromatic carbocycles. The first kappa shape index (κ1) is 28.6. The molecule has 3 aromatic rings. The van der Waals surface area contributed by atoms with E-state index in [4.69, 9.17) is 14.2 Å². The van der Waals surface area contributed by atoms with Gasteiger partial charge < -0.3 is 14.2 Å². The zero-order valence-corrected chi connectivity index (χ0v) is 22.6. The molecule has 198 valence electrons. The highest BCUT2D eigenvalue weighted by Gasteiger charge is 2.17. The molecule has 0 radical (unpaired) electrons. The van der Waals surface area contributed by atoms with E-state index in [1.807, 2.05) is 43.3 Å². The minimum Gasteiger partial charge on any atom is -0.423 e. The zero-order chi connectivity index (χ0) is 28.9. The molecule has 0 bridgehead atoms. The van der Waals surface area contributed by atoms with Crippen LogP contribution in [0, 0.1) is 0 Å². The summed E-state index contributed by atoms with van der Waals surface area (Å²) in [6.45, 7) is 21.3. The molecule has 0 aliphatic rings. The van der Waals surface area contributed by atoms with Crippen LogP contribution in [0.4, 0.5) is 0 Å². The summed E-state index contributed by atoms with van der Waals surface area (Å²) in [6.07, 6.45) is 0. The molecule has 6 heteroatoms. The molecule has 6 nitrogen and oxygen atoms in total. The normalized spacial score (nSPS) is 10.3. The first-order valence-electron chi connectivity index (χ1n) is 12.0. The molecule has 0 fully saturated rings. The Hall–Kier alpha value is -4.97. The van der Waals surface area contributed by atoms with Crippen molar-refractivity contribution in [2.24, 2.45) is 0 Å². The summed E-state index contributed by atoms with van der Waals surface area (Å²) < 4.78 is 16.2. The second kappa shape index (κ2) is 12.0. The third kappa shape index (κ3) is 7.08. The SMILES string of the molecule is C=C(C)C(=O)Oc1ccc(-c2ccc(-c3ccc(OC(=O)C(=C)C)c(C(=C)C)c3)cc2)cc1OC(=O)C(=C)C. The second-order valence-electron chi connectivity index (χ2n) is 9.24. The lowest BCUT2D eigenvalue weighted by Gasteiger charge is -2.14. The molecular weight excluding hydrogens is 492 g/mol. The van der Waals surface area contributed by atoms with E-state index < -0.39 is 17.9 Å². The van der Waals surface area contributed by atoms with E-state index in [1.165, 1.54) is 13.8 Å². The van der Waals surface area contributed by atoms with Crippen molar-refractivity contribution in [1.82, 2.24) is 0 Å². The van der Waals surface area contributed by atoms with Gasteiger partial charge in [0, 0.05) is 22.3 Å². The Balaban J connectivity index is 1.94. The quantitative estimate of drug-likeness (QED) is 0.164. The van der Waals surface area contributed by atoms with Gasteiger partial charge in [0.2, 0.25) is 0 Å². The molecular formula is C33H30O6. The lowest BCUT2D eigenvalue weighted by Crippen LogP contribution is -2.12. The predicted octanol–water partition coefficient (Wildman–Crippen LogP) is 7.50. The first-order valence-corrected chi connectivity index (χ1v) is 12.0. The molecule has 3 rings (SSSR count). The van der Waals surface area contributed by atoms with Gasteiger partial charge in [0.15, 0.2) is 11.5 Å². The van der Waals surface area contributed by atoms with Crippen molar-refractivity contribution in [2.75, 3.05) is 0 Å². The second-order valence-corrected chi connectivity index (χ2v) is 9.24. The van der Waals surface area contributed by atoms with E-state index in [1.54, 1.807) is 31.2 Å². The number of carbonyl (C=O) groups excluding carboxylic acids is 3. The molecule has 0 saturated carbocycles. The number of benzene rings is 3. The van der Waals surface area contributed by atoms with Gasteiger partial charge >= 0.3 is 17.9 Å². The summed E-state index contributed by atoms with van der Waals surface area (Å²) >= 11 is 0. The number of hydrogen-bond acceptors (Lipinski definition) is 6. The van der Waals surface area contributed by atoms with Crippen LogP contribution >= 0.6 is 0 Å². The van der Waals surface area contributed by atoms with Gasteiger partial charge in [0.1, 0.15) is 5.75 Å². The van der Waals surface area contributed by atoms with Gasteiger partial charge in [-0.15, -0.1) is 0 Å². The zero-order valence-electron chi connectivity index (χ0n) is 22.6. The molecule has 0 amide bonds. The summed E-state index contributed by atoms with van der Waals surface area (Å²) in [5, 5.41) is 0. The summed E-state index contributed by atoms with van der Waals surface area (Å²) in [5.74, 6) is -1.17. The highest BCUT2D eigenvalue weighted by atomic mass is 16.6. The highest BCUT2D eigenvalue weighted by molar-refractivity contribution is 5.92. The Bertz CT molecular complexity index is 1520. The molecule has 0 aromatic heterocycles. The van der Waals surface area contributed by atoms with Crippen molar-refractivity contribution >= 4 is 23.5 Å². The fourth-order valence-corrected chi connectivity index (χ4v) is 3.40. The van der Waals surface area contributed by atoms with Crippen LogP contribution in [0.15, 0.2) is 104 Å². The van der Waals surface area contributed by atoms with Crippen LogP contribution in [0.2, 0.25) is 0 Å². The van der Waals surface area contributed by atoms with Gasteiger partial charge in [-0.2, -0.15) is 0 Å². The van der Waals surface area contributed by atoms with Crippen molar-refractivity contribution in [3.8, 4) is 39.5 Å². The van der Waals surface area contributed by atoms with Crippen molar-refractivity contribution in [3.63, 3.8) is 0 Å². The van der Waals surface area contributed by atoms with Crippen molar-refractivity contribution in [3.05, 3.63) is 109 Å². The maximum absolute atomic E-state index is 12.2. The molecule has 39 heavy (non-hydrogen) atoms. The summed E-state index contributed by atoms with van der Waals surface area (Å²) in [4.78, 5) is 36.3. The average Bonchev–Trinajstić information content (AvgIpc) is 2.89. The Labute approximate surface area is 228 Å². The minimum atomic E-state index is -0.638.